The minimum Gasteiger partial charge on any atom is -0.352 e. The van der Waals surface area contributed by atoms with Crippen LogP contribution in [-0.2, 0) is 17.9 Å². The number of rotatable bonds is 6. The molecule has 1 aromatic carbocycles. The molecule has 1 saturated heterocycles. The molecule has 1 heterocycles. The molecule has 20 heavy (non-hydrogen) atoms. The highest BCUT2D eigenvalue weighted by atomic mass is 79.9. The third-order valence-corrected chi connectivity index (χ3v) is 4.09. The van der Waals surface area contributed by atoms with Gasteiger partial charge in [0.2, 0.25) is 5.91 Å². The molecule has 3 nitrogen and oxygen atoms in total. The molecule has 0 spiro atoms. The second kappa shape index (κ2) is 8.42. The summed E-state index contributed by atoms with van der Waals surface area (Å²) < 4.78 is 0. The Balaban J connectivity index is 1.78. The molecule has 2 rings (SSSR count). The highest BCUT2D eigenvalue weighted by Crippen LogP contribution is 2.13. The van der Waals surface area contributed by atoms with E-state index in [0.717, 1.165) is 12.1 Å². The van der Waals surface area contributed by atoms with Gasteiger partial charge >= 0.3 is 0 Å². The quantitative estimate of drug-likeness (QED) is 0.808. The Morgan fingerprint density at radius 1 is 1.10 bits per heavy atom. The summed E-state index contributed by atoms with van der Waals surface area (Å²) in [6, 6.07) is 8.60. The standard InChI is InChI=1S/C16H23BrN2O/c17-9-8-16(20)18-12-14-4-6-15(7-5-14)13-19-10-2-1-3-11-19/h4-7H,1-3,8-13H2,(H,18,20). The summed E-state index contributed by atoms with van der Waals surface area (Å²) in [5.41, 5.74) is 2.53. The Morgan fingerprint density at radius 3 is 2.40 bits per heavy atom. The average Bonchev–Trinajstić information content (AvgIpc) is 2.48. The molecule has 1 aliphatic rings. The fourth-order valence-corrected chi connectivity index (χ4v) is 2.87. The molecule has 0 radical (unpaired) electrons. The summed E-state index contributed by atoms with van der Waals surface area (Å²) >= 11 is 3.27. The van der Waals surface area contributed by atoms with E-state index < -0.39 is 0 Å². The van der Waals surface area contributed by atoms with Gasteiger partial charge in [-0.05, 0) is 37.1 Å². The third-order valence-electron chi connectivity index (χ3n) is 3.69. The number of carbonyl (C=O) groups excluding carboxylic acids is 1. The first-order valence-electron chi connectivity index (χ1n) is 7.41. The molecular formula is C16H23BrN2O. The molecule has 0 atom stereocenters. The monoisotopic (exact) mass is 338 g/mol. The molecule has 1 aromatic rings. The Bertz CT molecular complexity index is 413. The van der Waals surface area contributed by atoms with Crippen LogP contribution in [0.2, 0.25) is 0 Å². The van der Waals surface area contributed by atoms with E-state index in [1.165, 1.54) is 37.9 Å². The molecule has 1 N–H and O–H groups in total. The van der Waals surface area contributed by atoms with Gasteiger partial charge in [0.15, 0.2) is 0 Å². The van der Waals surface area contributed by atoms with Crippen LogP contribution in [0.1, 0.15) is 36.8 Å². The molecule has 4 heteroatoms. The van der Waals surface area contributed by atoms with Crippen LogP contribution >= 0.6 is 15.9 Å². The van der Waals surface area contributed by atoms with E-state index in [-0.39, 0.29) is 5.91 Å². The SMILES string of the molecule is O=C(CCBr)NCc1ccc(CN2CCCCC2)cc1. The highest BCUT2D eigenvalue weighted by molar-refractivity contribution is 9.09. The van der Waals surface area contributed by atoms with Crippen LogP contribution < -0.4 is 5.32 Å². The van der Waals surface area contributed by atoms with Gasteiger partial charge in [-0.3, -0.25) is 9.69 Å². The lowest BCUT2D eigenvalue weighted by Crippen LogP contribution is -2.29. The van der Waals surface area contributed by atoms with Crippen molar-refractivity contribution in [3.63, 3.8) is 0 Å². The first-order chi connectivity index (χ1) is 9.78. The predicted octanol–water partition coefficient (Wildman–Crippen LogP) is 3.07. The van der Waals surface area contributed by atoms with Crippen molar-refractivity contribution in [1.29, 1.82) is 0 Å². The van der Waals surface area contributed by atoms with Crippen LogP contribution in [0.4, 0.5) is 0 Å². The lowest BCUT2D eigenvalue weighted by Gasteiger charge is -2.26. The number of nitrogens with zero attached hydrogens (tertiary/aromatic N) is 1. The van der Waals surface area contributed by atoms with Crippen LogP contribution in [0.3, 0.4) is 0 Å². The van der Waals surface area contributed by atoms with Gasteiger partial charge in [0, 0.05) is 24.8 Å². The van der Waals surface area contributed by atoms with Gasteiger partial charge in [0.25, 0.3) is 0 Å². The lowest BCUT2D eigenvalue weighted by atomic mass is 10.1. The first-order valence-corrected chi connectivity index (χ1v) is 8.53. The zero-order valence-electron chi connectivity index (χ0n) is 11.9. The Kier molecular flexibility index (Phi) is 6.54. The number of hydrogen-bond donors (Lipinski definition) is 1. The Labute approximate surface area is 129 Å². The molecule has 0 saturated carbocycles. The highest BCUT2D eigenvalue weighted by Gasteiger charge is 2.10. The van der Waals surface area contributed by atoms with Crippen molar-refractivity contribution in [3.8, 4) is 0 Å². The number of benzene rings is 1. The summed E-state index contributed by atoms with van der Waals surface area (Å²) in [6.45, 7) is 4.13. The van der Waals surface area contributed by atoms with Crippen LogP contribution in [0.5, 0.6) is 0 Å². The summed E-state index contributed by atoms with van der Waals surface area (Å²) in [4.78, 5) is 13.9. The van der Waals surface area contributed by atoms with Gasteiger partial charge in [-0.1, -0.05) is 46.6 Å². The van der Waals surface area contributed by atoms with E-state index in [2.05, 4.69) is 50.4 Å². The van der Waals surface area contributed by atoms with Gasteiger partial charge in [-0.2, -0.15) is 0 Å². The molecule has 1 amide bonds. The number of piperidine rings is 1. The maximum atomic E-state index is 11.4. The Hall–Kier alpha value is -0.870. The smallest absolute Gasteiger partial charge is 0.221 e. The molecule has 1 aliphatic heterocycles. The average molecular weight is 339 g/mol. The minimum absolute atomic E-state index is 0.0965. The van der Waals surface area contributed by atoms with E-state index in [1.807, 2.05) is 0 Å². The van der Waals surface area contributed by atoms with E-state index in [1.54, 1.807) is 0 Å². The van der Waals surface area contributed by atoms with Crippen LogP contribution in [0.25, 0.3) is 0 Å². The summed E-state index contributed by atoms with van der Waals surface area (Å²) in [6.07, 6.45) is 4.58. The fourth-order valence-electron chi connectivity index (χ4n) is 2.51. The van der Waals surface area contributed by atoms with Crippen molar-refractivity contribution < 1.29 is 4.79 Å². The topological polar surface area (TPSA) is 32.3 Å². The number of carbonyl (C=O) groups is 1. The van der Waals surface area contributed by atoms with Gasteiger partial charge in [0.1, 0.15) is 0 Å². The van der Waals surface area contributed by atoms with Crippen LogP contribution in [0.15, 0.2) is 24.3 Å². The molecule has 0 unspecified atom stereocenters. The summed E-state index contributed by atoms with van der Waals surface area (Å²) in [5.74, 6) is 0.0965. The zero-order chi connectivity index (χ0) is 14.2. The second-order valence-electron chi connectivity index (χ2n) is 5.37. The van der Waals surface area contributed by atoms with Gasteiger partial charge in [0.05, 0.1) is 0 Å². The first kappa shape index (κ1) is 15.5. The normalized spacial score (nSPS) is 16.1. The maximum absolute atomic E-state index is 11.4. The number of alkyl halides is 1. The molecule has 0 bridgehead atoms. The summed E-state index contributed by atoms with van der Waals surface area (Å²) in [5, 5.41) is 3.64. The van der Waals surface area contributed by atoms with E-state index in [4.69, 9.17) is 0 Å². The predicted molar refractivity (Wildman–Crippen MR) is 85.8 cm³/mol. The molecule has 1 fully saturated rings. The minimum atomic E-state index is 0.0965. The number of hydrogen-bond acceptors (Lipinski definition) is 2. The molecule has 0 aliphatic carbocycles. The van der Waals surface area contributed by atoms with E-state index in [9.17, 15) is 4.79 Å². The second-order valence-corrected chi connectivity index (χ2v) is 6.16. The number of halogens is 1. The van der Waals surface area contributed by atoms with Crippen molar-refractivity contribution in [2.45, 2.75) is 38.8 Å². The van der Waals surface area contributed by atoms with Crippen molar-refractivity contribution in [2.75, 3.05) is 18.4 Å². The largest absolute Gasteiger partial charge is 0.352 e. The van der Waals surface area contributed by atoms with Crippen molar-refractivity contribution >= 4 is 21.8 Å². The van der Waals surface area contributed by atoms with E-state index >= 15 is 0 Å². The molecular weight excluding hydrogens is 316 g/mol. The van der Waals surface area contributed by atoms with Crippen molar-refractivity contribution in [2.24, 2.45) is 0 Å². The Morgan fingerprint density at radius 2 is 1.75 bits per heavy atom. The zero-order valence-corrected chi connectivity index (χ0v) is 13.5. The number of amides is 1. The number of likely N-dealkylation sites (tertiary alicyclic amines) is 1. The molecule has 0 aromatic heterocycles. The maximum Gasteiger partial charge on any atom is 0.221 e. The van der Waals surface area contributed by atoms with Crippen LogP contribution in [-0.4, -0.2) is 29.2 Å². The third kappa shape index (κ3) is 5.25. The molecule has 110 valence electrons. The fraction of sp³-hybridized carbons (Fsp3) is 0.562. The van der Waals surface area contributed by atoms with Crippen LogP contribution in [0, 0.1) is 0 Å². The lowest BCUT2D eigenvalue weighted by molar-refractivity contribution is -0.120. The van der Waals surface area contributed by atoms with E-state index in [0.29, 0.717) is 18.3 Å². The van der Waals surface area contributed by atoms with Crippen molar-refractivity contribution in [3.05, 3.63) is 35.4 Å². The van der Waals surface area contributed by atoms with Gasteiger partial charge < -0.3 is 5.32 Å². The van der Waals surface area contributed by atoms with Gasteiger partial charge in [-0.15, -0.1) is 0 Å². The van der Waals surface area contributed by atoms with Gasteiger partial charge in [-0.25, -0.2) is 0 Å². The number of nitrogens with one attached hydrogen (secondary N) is 1. The summed E-state index contributed by atoms with van der Waals surface area (Å²) in [7, 11) is 0. The van der Waals surface area contributed by atoms with Crippen molar-refractivity contribution in [1.82, 2.24) is 10.2 Å².